The first-order valence-corrected chi connectivity index (χ1v) is 16.3. The number of aromatic nitrogens is 1. The number of anilines is 1. The maximum absolute atomic E-state index is 13.7. The van der Waals surface area contributed by atoms with Crippen LogP contribution in [0.2, 0.25) is 0 Å². The lowest BCUT2D eigenvalue weighted by molar-refractivity contribution is 0.0985. The Morgan fingerprint density at radius 1 is 1.05 bits per heavy atom. The van der Waals surface area contributed by atoms with Crippen molar-refractivity contribution in [3.05, 3.63) is 48.0 Å². The van der Waals surface area contributed by atoms with Crippen LogP contribution in [0.3, 0.4) is 0 Å². The molecule has 10 heteroatoms. The van der Waals surface area contributed by atoms with Gasteiger partial charge in [-0.05, 0) is 75.7 Å². The van der Waals surface area contributed by atoms with Crippen LogP contribution in [0.1, 0.15) is 49.4 Å². The van der Waals surface area contributed by atoms with Crippen molar-refractivity contribution >= 4 is 54.4 Å². The molecule has 4 rings (SSSR count). The molecule has 0 N–H and O–H groups in total. The Kier molecular flexibility index (Phi) is 9.29. The van der Waals surface area contributed by atoms with Gasteiger partial charge in [-0.15, -0.1) is 11.8 Å². The van der Waals surface area contributed by atoms with Crippen LogP contribution in [0, 0.1) is 0 Å². The smallest absolute Gasteiger partial charge is 0.260 e. The molecule has 0 unspecified atom stereocenters. The Morgan fingerprint density at radius 3 is 2.38 bits per heavy atom. The molecule has 0 spiro atoms. The van der Waals surface area contributed by atoms with Crippen molar-refractivity contribution in [2.24, 2.45) is 0 Å². The minimum Gasteiger partial charge on any atom is -0.308 e. The molecule has 0 atom stereocenters. The van der Waals surface area contributed by atoms with Gasteiger partial charge in [-0.3, -0.25) is 9.69 Å². The van der Waals surface area contributed by atoms with Gasteiger partial charge >= 0.3 is 0 Å². The summed E-state index contributed by atoms with van der Waals surface area (Å²) in [5.74, 6) is -0.186. The van der Waals surface area contributed by atoms with Gasteiger partial charge in [0.1, 0.15) is 0 Å². The van der Waals surface area contributed by atoms with Gasteiger partial charge in [0.05, 0.1) is 15.1 Å². The molecule has 0 bridgehead atoms. The van der Waals surface area contributed by atoms with E-state index in [2.05, 4.69) is 6.07 Å². The maximum atomic E-state index is 13.7. The maximum Gasteiger partial charge on any atom is 0.260 e. The van der Waals surface area contributed by atoms with E-state index >= 15 is 0 Å². The third kappa shape index (κ3) is 6.37. The summed E-state index contributed by atoms with van der Waals surface area (Å²) >= 11 is 3.17. The molecule has 3 aromatic rings. The lowest BCUT2D eigenvalue weighted by atomic mass is 9.95. The highest BCUT2D eigenvalue weighted by atomic mass is 32.2. The van der Waals surface area contributed by atoms with E-state index in [-0.39, 0.29) is 16.8 Å². The normalized spacial score (nSPS) is 15.1. The fraction of sp³-hybridized carbons (Fsp3) is 0.481. The van der Waals surface area contributed by atoms with Gasteiger partial charge in [-0.2, -0.15) is 4.31 Å². The van der Waals surface area contributed by atoms with Crippen molar-refractivity contribution in [2.45, 2.75) is 54.9 Å². The zero-order valence-electron chi connectivity index (χ0n) is 22.0. The summed E-state index contributed by atoms with van der Waals surface area (Å²) in [6.45, 7) is 3.50. The third-order valence-corrected chi connectivity index (χ3v) is 10.6. The highest BCUT2D eigenvalue weighted by Gasteiger charge is 2.31. The SMILES string of the molecule is CCN(C1CCCCC1)S(=O)(=O)c1ccc(C(=O)N(CCN(C)C)c2nc3ccc(SC)cc3s2)cc1. The zero-order chi connectivity index (χ0) is 26.6. The van der Waals surface area contributed by atoms with Gasteiger partial charge in [0.2, 0.25) is 10.0 Å². The molecule has 1 heterocycles. The average molecular weight is 561 g/mol. The number of carbonyl (C=O) groups excluding carboxylic acids is 1. The minimum absolute atomic E-state index is 0.0530. The van der Waals surface area contributed by atoms with Gasteiger partial charge < -0.3 is 4.90 Å². The third-order valence-electron chi connectivity index (χ3n) is 6.83. The molecule has 1 saturated carbocycles. The van der Waals surface area contributed by atoms with Crippen LogP contribution < -0.4 is 4.90 Å². The summed E-state index contributed by atoms with van der Waals surface area (Å²) in [6.07, 6.45) is 7.15. The number of hydrogen-bond donors (Lipinski definition) is 0. The number of rotatable bonds is 10. The van der Waals surface area contributed by atoms with Gasteiger partial charge in [0, 0.05) is 36.1 Å². The molecule has 0 radical (unpaired) electrons. The van der Waals surface area contributed by atoms with E-state index in [0.29, 0.717) is 30.3 Å². The van der Waals surface area contributed by atoms with E-state index in [1.807, 2.05) is 44.3 Å². The number of amides is 1. The van der Waals surface area contributed by atoms with Crippen LogP contribution in [0.25, 0.3) is 10.2 Å². The van der Waals surface area contributed by atoms with Crippen molar-refractivity contribution in [3.63, 3.8) is 0 Å². The van der Waals surface area contributed by atoms with Crippen LogP contribution in [0.15, 0.2) is 52.3 Å². The zero-order valence-corrected chi connectivity index (χ0v) is 24.5. The lowest BCUT2D eigenvalue weighted by Gasteiger charge is -2.32. The lowest BCUT2D eigenvalue weighted by Crippen LogP contribution is -2.41. The van der Waals surface area contributed by atoms with E-state index < -0.39 is 10.0 Å². The Morgan fingerprint density at radius 2 is 1.76 bits per heavy atom. The van der Waals surface area contributed by atoms with Gasteiger partial charge in [0.25, 0.3) is 5.91 Å². The van der Waals surface area contributed by atoms with Crippen molar-refractivity contribution in [3.8, 4) is 0 Å². The molecule has 1 amide bonds. The standard InChI is InChI=1S/C27H36N4O3S3/c1-5-31(21-9-7-6-8-10-21)37(33,34)23-14-11-20(12-15-23)26(32)30(18-17-29(2)3)27-28-24-16-13-22(35-4)19-25(24)36-27/h11-16,19,21H,5-10,17-18H2,1-4H3. The number of hydrogen-bond acceptors (Lipinski definition) is 7. The summed E-state index contributed by atoms with van der Waals surface area (Å²) in [5.41, 5.74) is 1.31. The first-order chi connectivity index (χ1) is 17.7. The summed E-state index contributed by atoms with van der Waals surface area (Å²) in [5, 5.41) is 0.645. The number of nitrogens with zero attached hydrogens (tertiary/aromatic N) is 4. The predicted octanol–water partition coefficient (Wildman–Crippen LogP) is 5.57. The largest absolute Gasteiger partial charge is 0.308 e. The molecular weight excluding hydrogens is 525 g/mol. The Balaban J connectivity index is 1.60. The summed E-state index contributed by atoms with van der Waals surface area (Å²) in [6, 6.07) is 12.6. The van der Waals surface area contributed by atoms with Crippen molar-refractivity contribution in [2.75, 3.05) is 44.9 Å². The number of likely N-dealkylation sites (N-methyl/N-ethyl adjacent to an activating group) is 1. The predicted molar refractivity (Wildman–Crippen MR) is 155 cm³/mol. The highest BCUT2D eigenvalue weighted by Crippen LogP contribution is 2.33. The van der Waals surface area contributed by atoms with Gasteiger partial charge in [-0.1, -0.05) is 37.5 Å². The second-order valence-corrected chi connectivity index (χ2v) is 13.4. The fourth-order valence-electron chi connectivity index (χ4n) is 4.77. The van der Waals surface area contributed by atoms with E-state index in [4.69, 9.17) is 4.98 Å². The molecular formula is C27H36N4O3S3. The molecule has 0 saturated heterocycles. The number of sulfonamides is 1. The van der Waals surface area contributed by atoms with E-state index in [1.165, 1.54) is 17.8 Å². The number of carbonyl (C=O) groups is 1. The number of thiazole rings is 1. The molecule has 7 nitrogen and oxygen atoms in total. The Hall–Kier alpha value is -1.98. The molecule has 1 fully saturated rings. The van der Waals surface area contributed by atoms with Crippen LogP contribution in [-0.4, -0.2) is 74.5 Å². The number of fused-ring (bicyclic) bond motifs is 1. The molecule has 2 aromatic carbocycles. The highest BCUT2D eigenvalue weighted by molar-refractivity contribution is 7.98. The van der Waals surface area contributed by atoms with Crippen molar-refractivity contribution < 1.29 is 13.2 Å². The molecule has 1 aliphatic rings. The molecule has 200 valence electrons. The summed E-state index contributed by atoms with van der Waals surface area (Å²) in [4.78, 5) is 23.5. The molecule has 37 heavy (non-hydrogen) atoms. The van der Waals surface area contributed by atoms with Crippen molar-refractivity contribution in [1.82, 2.24) is 14.2 Å². The molecule has 0 aliphatic heterocycles. The second kappa shape index (κ2) is 12.3. The van der Waals surface area contributed by atoms with Crippen LogP contribution in [-0.2, 0) is 10.0 Å². The molecule has 1 aliphatic carbocycles. The number of thioether (sulfide) groups is 1. The van der Waals surface area contributed by atoms with E-state index in [9.17, 15) is 13.2 Å². The first-order valence-electron chi connectivity index (χ1n) is 12.8. The van der Waals surface area contributed by atoms with Crippen LogP contribution in [0.4, 0.5) is 5.13 Å². The summed E-state index contributed by atoms with van der Waals surface area (Å²) < 4.78 is 29.6. The summed E-state index contributed by atoms with van der Waals surface area (Å²) in [7, 11) is 0.317. The minimum atomic E-state index is -3.62. The van der Waals surface area contributed by atoms with Crippen molar-refractivity contribution in [1.29, 1.82) is 0 Å². The van der Waals surface area contributed by atoms with E-state index in [1.54, 1.807) is 45.2 Å². The second-order valence-electron chi connectivity index (χ2n) is 9.61. The Bertz CT molecular complexity index is 1320. The quantitative estimate of drug-likeness (QED) is 0.302. The van der Waals surface area contributed by atoms with Gasteiger partial charge in [-0.25, -0.2) is 13.4 Å². The van der Waals surface area contributed by atoms with E-state index in [0.717, 1.165) is 40.8 Å². The van der Waals surface area contributed by atoms with Gasteiger partial charge in [0.15, 0.2) is 5.13 Å². The fourth-order valence-corrected chi connectivity index (χ4v) is 8.01. The number of benzene rings is 2. The molecule has 1 aromatic heterocycles. The van der Waals surface area contributed by atoms with Crippen LogP contribution >= 0.6 is 23.1 Å². The topological polar surface area (TPSA) is 73.8 Å². The van der Waals surface area contributed by atoms with Crippen LogP contribution in [0.5, 0.6) is 0 Å². The first kappa shape index (κ1) is 28.0. The Labute approximate surface area is 228 Å². The average Bonchev–Trinajstić information content (AvgIpc) is 3.32. The monoisotopic (exact) mass is 560 g/mol.